The van der Waals surface area contributed by atoms with Crippen molar-refractivity contribution in [3.63, 3.8) is 0 Å². The lowest BCUT2D eigenvalue weighted by atomic mass is 10.0. The third-order valence-corrected chi connectivity index (χ3v) is 5.71. The first kappa shape index (κ1) is 15.8. The van der Waals surface area contributed by atoms with Crippen LogP contribution in [-0.2, 0) is 13.6 Å². The predicted molar refractivity (Wildman–Crippen MR) is 103 cm³/mol. The van der Waals surface area contributed by atoms with Crippen molar-refractivity contribution in [2.45, 2.75) is 25.4 Å². The minimum atomic E-state index is 0.449. The second kappa shape index (κ2) is 6.36. The third kappa shape index (κ3) is 2.65. The van der Waals surface area contributed by atoms with Crippen LogP contribution < -0.4 is 9.47 Å². The number of aryl methyl sites for hydroxylation is 1. The van der Waals surface area contributed by atoms with E-state index < -0.39 is 0 Å². The molecular weight excluding hydrogens is 324 g/mol. The van der Waals surface area contributed by atoms with Crippen LogP contribution in [0.5, 0.6) is 11.5 Å². The van der Waals surface area contributed by atoms with Gasteiger partial charge in [0.05, 0.1) is 0 Å². The number of rotatable bonds is 3. The molecule has 1 aromatic heterocycles. The average Bonchev–Trinajstić information content (AvgIpc) is 3.29. The second-order valence-electron chi connectivity index (χ2n) is 7.31. The minimum Gasteiger partial charge on any atom is -0.486 e. The Kier molecular flexibility index (Phi) is 3.86. The Hall–Kier alpha value is -2.46. The van der Waals surface area contributed by atoms with E-state index in [-0.39, 0.29) is 0 Å². The van der Waals surface area contributed by atoms with E-state index in [2.05, 4.69) is 65.2 Å². The Balaban J connectivity index is 1.44. The number of hydrogen-bond donors (Lipinski definition) is 0. The number of likely N-dealkylation sites (tertiary alicyclic amines) is 1. The summed E-state index contributed by atoms with van der Waals surface area (Å²) in [6.45, 7) is 3.41. The minimum absolute atomic E-state index is 0.449. The zero-order valence-electron chi connectivity index (χ0n) is 15.1. The van der Waals surface area contributed by atoms with E-state index in [9.17, 15) is 0 Å². The van der Waals surface area contributed by atoms with Crippen LogP contribution in [-0.4, -0.2) is 29.2 Å². The summed E-state index contributed by atoms with van der Waals surface area (Å²) in [4.78, 5) is 2.60. The van der Waals surface area contributed by atoms with Gasteiger partial charge in [-0.2, -0.15) is 0 Å². The largest absolute Gasteiger partial charge is 0.486 e. The van der Waals surface area contributed by atoms with Gasteiger partial charge in [-0.15, -0.1) is 0 Å². The van der Waals surface area contributed by atoms with Gasteiger partial charge in [-0.25, -0.2) is 0 Å². The van der Waals surface area contributed by atoms with Crippen LogP contribution in [0.4, 0.5) is 0 Å². The van der Waals surface area contributed by atoms with Gasteiger partial charge >= 0.3 is 0 Å². The molecule has 2 aliphatic heterocycles. The van der Waals surface area contributed by atoms with E-state index in [0.717, 1.165) is 24.6 Å². The van der Waals surface area contributed by atoms with E-state index >= 15 is 0 Å². The Morgan fingerprint density at radius 3 is 2.85 bits per heavy atom. The summed E-state index contributed by atoms with van der Waals surface area (Å²) in [6, 6.07) is 15.8. The monoisotopic (exact) mass is 348 g/mol. The second-order valence-corrected chi connectivity index (χ2v) is 7.31. The predicted octanol–water partition coefficient (Wildman–Crippen LogP) is 4.29. The van der Waals surface area contributed by atoms with Crippen LogP contribution in [0.2, 0.25) is 0 Å². The van der Waals surface area contributed by atoms with Gasteiger partial charge < -0.3 is 14.0 Å². The Morgan fingerprint density at radius 2 is 1.92 bits per heavy atom. The summed E-state index contributed by atoms with van der Waals surface area (Å²) in [5, 5.41) is 1.36. The molecule has 0 unspecified atom stereocenters. The highest BCUT2D eigenvalue weighted by molar-refractivity contribution is 5.83. The van der Waals surface area contributed by atoms with E-state index in [0.29, 0.717) is 19.3 Å². The van der Waals surface area contributed by atoms with Crippen molar-refractivity contribution >= 4 is 10.9 Å². The van der Waals surface area contributed by atoms with Gasteiger partial charge in [0.25, 0.3) is 0 Å². The van der Waals surface area contributed by atoms with Crippen molar-refractivity contribution in [1.82, 2.24) is 9.47 Å². The average molecular weight is 348 g/mol. The molecule has 5 rings (SSSR count). The van der Waals surface area contributed by atoms with Crippen molar-refractivity contribution in [1.29, 1.82) is 0 Å². The summed E-state index contributed by atoms with van der Waals surface area (Å²) in [7, 11) is 2.11. The molecule has 1 atom stereocenters. The maximum Gasteiger partial charge on any atom is 0.161 e. The molecule has 2 aliphatic rings. The van der Waals surface area contributed by atoms with Crippen LogP contribution >= 0.6 is 0 Å². The van der Waals surface area contributed by atoms with Crippen molar-refractivity contribution < 1.29 is 9.47 Å². The van der Waals surface area contributed by atoms with Gasteiger partial charge in [0.1, 0.15) is 13.2 Å². The van der Waals surface area contributed by atoms with Crippen molar-refractivity contribution in [2.24, 2.45) is 7.05 Å². The number of aromatic nitrogens is 1. The number of nitrogens with zero attached hydrogens (tertiary/aromatic N) is 2. The standard InChI is InChI=1S/C22H24N2O2/c1-23-11-9-18-17(4-2-5-20(18)23)15-24-10-3-6-19(24)16-7-8-21-22(14-16)26-13-12-25-21/h2,4-5,7-9,11,14,19H,3,6,10,12-13,15H2,1H3/t19-/m0/s1. The highest BCUT2D eigenvalue weighted by atomic mass is 16.6. The van der Waals surface area contributed by atoms with E-state index in [4.69, 9.17) is 9.47 Å². The molecular formula is C22H24N2O2. The van der Waals surface area contributed by atoms with Crippen LogP contribution in [0, 0.1) is 0 Å². The lowest BCUT2D eigenvalue weighted by Gasteiger charge is -2.27. The molecule has 0 aliphatic carbocycles. The van der Waals surface area contributed by atoms with Gasteiger partial charge in [-0.1, -0.05) is 18.2 Å². The van der Waals surface area contributed by atoms with Gasteiger partial charge in [-0.05, 0) is 54.8 Å². The molecule has 26 heavy (non-hydrogen) atoms. The zero-order valence-corrected chi connectivity index (χ0v) is 15.1. The van der Waals surface area contributed by atoms with E-state index in [1.807, 2.05) is 0 Å². The highest BCUT2D eigenvalue weighted by Crippen LogP contribution is 2.39. The van der Waals surface area contributed by atoms with Gasteiger partial charge in [0.2, 0.25) is 0 Å². The molecule has 1 fully saturated rings. The Morgan fingerprint density at radius 1 is 1.04 bits per heavy atom. The number of ether oxygens (including phenoxy) is 2. The lowest BCUT2D eigenvalue weighted by molar-refractivity contribution is 0.170. The van der Waals surface area contributed by atoms with Crippen LogP contribution in [0.25, 0.3) is 10.9 Å². The SMILES string of the molecule is Cn1ccc2c(CN3CCC[C@H]3c3ccc4c(c3)OCCO4)cccc21. The highest BCUT2D eigenvalue weighted by Gasteiger charge is 2.27. The number of benzene rings is 2. The first-order valence-corrected chi connectivity index (χ1v) is 9.46. The summed E-state index contributed by atoms with van der Waals surface area (Å²) in [5.74, 6) is 1.77. The molecule has 4 nitrogen and oxygen atoms in total. The molecule has 2 aromatic carbocycles. The summed E-state index contributed by atoms with van der Waals surface area (Å²) in [5.41, 5.74) is 4.05. The van der Waals surface area contributed by atoms with Crippen molar-refractivity contribution in [3.05, 3.63) is 59.8 Å². The molecule has 134 valence electrons. The topological polar surface area (TPSA) is 26.6 Å². The fourth-order valence-electron chi connectivity index (χ4n) is 4.38. The molecule has 0 bridgehead atoms. The van der Waals surface area contributed by atoms with Crippen molar-refractivity contribution in [3.8, 4) is 11.5 Å². The smallest absolute Gasteiger partial charge is 0.161 e. The fourth-order valence-corrected chi connectivity index (χ4v) is 4.38. The summed E-state index contributed by atoms with van der Waals surface area (Å²) < 4.78 is 13.7. The van der Waals surface area contributed by atoms with Gasteiger partial charge in [0, 0.05) is 36.7 Å². The normalized spacial score (nSPS) is 20.0. The van der Waals surface area contributed by atoms with Crippen molar-refractivity contribution in [2.75, 3.05) is 19.8 Å². The third-order valence-electron chi connectivity index (χ3n) is 5.71. The molecule has 3 heterocycles. The Bertz CT molecular complexity index is 946. The van der Waals surface area contributed by atoms with Crippen LogP contribution in [0.15, 0.2) is 48.7 Å². The molecule has 0 saturated carbocycles. The zero-order chi connectivity index (χ0) is 17.5. The maximum atomic E-state index is 5.79. The molecule has 3 aromatic rings. The molecule has 0 spiro atoms. The Labute approximate surface area is 153 Å². The summed E-state index contributed by atoms with van der Waals surface area (Å²) in [6.07, 6.45) is 4.59. The van der Waals surface area contributed by atoms with Crippen LogP contribution in [0.3, 0.4) is 0 Å². The molecule has 4 heteroatoms. The lowest BCUT2D eigenvalue weighted by Crippen LogP contribution is -2.23. The number of hydrogen-bond acceptors (Lipinski definition) is 3. The van der Waals surface area contributed by atoms with E-state index in [1.54, 1.807) is 0 Å². The maximum absolute atomic E-state index is 5.79. The van der Waals surface area contributed by atoms with Gasteiger partial charge in [0.15, 0.2) is 11.5 Å². The molecule has 0 N–H and O–H groups in total. The molecule has 0 amide bonds. The van der Waals surface area contributed by atoms with Crippen LogP contribution in [0.1, 0.15) is 30.0 Å². The first-order valence-electron chi connectivity index (χ1n) is 9.46. The fraction of sp³-hybridized carbons (Fsp3) is 0.364. The van der Waals surface area contributed by atoms with Gasteiger partial charge in [-0.3, -0.25) is 4.90 Å². The first-order chi connectivity index (χ1) is 12.8. The molecule has 1 saturated heterocycles. The van der Waals surface area contributed by atoms with E-state index in [1.165, 1.54) is 34.9 Å². The number of fused-ring (bicyclic) bond motifs is 2. The molecule has 0 radical (unpaired) electrons. The quantitative estimate of drug-likeness (QED) is 0.706. The summed E-state index contributed by atoms with van der Waals surface area (Å²) >= 11 is 0.